The summed E-state index contributed by atoms with van der Waals surface area (Å²) in [5, 5.41) is 13.9. The summed E-state index contributed by atoms with van der Waals surface area (Å²) < 4.78 is 6.08. The Morgan fingerprint density at radius 2 is 1.96 bits per heavy atom. The molecular formula is C22H25NO3S. The monoisotopic (exact) mass is 383 g/mol. The van der Waals surface area contributed by atoms with E-state index in [0.717, 1.165) is 39.9 Å². The molecule has 2 aromatic carbocycles. The molecule has 0 amide bonds. The molecule has 0 aliphatic heterocycles. The van der Waals surface area contributed by atoms with E-state index in [2.05, 4.69) is 11.0 Å². The summed E-state index contributed by atoms with van der Waals surface area (Å²) in [6.45, 7) is 1.57. The fourth-order valence-corrected chi connectivity index (χ4v) is 4.05. The Morgan fingerprint density at radius 3 is 2.67 bits per heavy atom. The standard InChI is InChI=1S/C22H25NO3S/c1-23(2)12-6-13-26-20-11-10-16-7-3-4-8-17(16)18(20)15-19(22(24)25)21-9-5-14-27-21/h3-5,7-11,14,19H,6,12-13,15H2,1-2H3,(H,24,25). The molecule has 3 aromatic rings. The molecule has 5 heteroatoms. The molecule has 0 bridgehead atoms. The number of fused-ring (bicyclic) bond motifs is 1. The average Bonchev–Trinajstić information content (AvgIpc) is 3.17. The van der Waals surface area contributed by atoms with E-state index >= 15 is 0 Å². The van der Waals surface area contributed by atoms with Crippen LogP contribution in [-0.2, 0) is 11.2 Å². The molecule has 0 spiro atoms. The lowest BCUT2D eigenvalue weighted by Gasteiger charge is -2.18. The van der Waals surface area contributed by atoms with Gasteiger partial charge < -0.3 is 14.7 Å². The zero-order valence-electron chi connectivity index (χ0n) is 15.7. The number of carboxylic acids is 1. The number of nitrogens with zero attached hydrogens (tertiary/aromatic N) is 1. The predicted molar refractivity (Wildman–Crippen MR) is 111 cm³/mol. The van der Waals surface area contributed by atoms with Crippen LogP contribution in [0.15, 0.2) is 53.9 Å². The van der Waals surface area contributed by atoms with E-state index in [0.29, 0.717) is 13.0 Å². The number of thiophene rings is 1. The number of carboxylic acid groups (broad SMARTS) is 1. The van der Waals surface area contributed by atoms with Gasteiger partial charge in [-0.1, -0.05) is 36.4 Å². The Balaban J connectivity index is 1.92. The number of aliphatic carboxylic acids is 1. The minimum absolute atomic E-state index is 0.417. The molecule has 0 fully saturated rings. The lowest BCUT2D eigenvalue weighted by atomic mass is 9.93. The SMILES string of the molecule is CN(C)CCCOc1ccc2ccccc2c1CC(C(=O)O)c1cccs1. The molecule has 1 N–H and O–H groups in total. The molecule has 0 aliphatic rings. The van der Waals surface area contributed by atoms with Gasteiger partial charge in [0, 0.05) is 17.0 Å². The van der Waals surface area contributed by atoms with Crippen LogP contribution in [-0.4, -0.2) is 43.2 Å². The van der Waals surface area contributed by atoms with Gasteiger partial charge in [0.2, 0.25) is 0 Å². The second-order valence-corrected chi connectivity index (χ2v) is 7.86. The topological polar surface area (TPSA) is 49.8 Å². The maximum atomic E-state index is 11.9. The normalized spacial score (nSPS) is 12.4. The number of hydrogen-bond donors (Lipinski definition) is 1. The summed E-state index contributed by atoms with van der Waals surface area (Å²) in [6, 6.07) is 15.9. The Morgan fingerprint density at radius 1 is 1.15 bits per heavy atom. The molecule has 27 heavy (non-hydrogen) atoms. The fourth-order valence-electron chi connectivity index (χ4n) is 3.23. The molecule has 1 unspecified atom stereocenters. The van der Waals surface area contributed by atoms with Crippen LogP contribution in [0.1, 0.15) is 22.8 Å². The highest BCUT2D eigenvalue weighted by Crippen LogP contribution is 2.34. The maximum Gasteiger partial charge on any atom is 0.312 e. The van der Waals surface area contributed by atoms with Crippen molar-refractivity contribution in [1.29, 1.82) is 0 Å². The van der Waals surface area contributed by atoms with Crippen molar-refractivity contribution >= 4 is 28.1 Å². The van der Waals surface area contributed by atoms with Gasteiger partial charge in [-0.25, -0.2) is 0 Å². The summed E-state index contributed by atoms with van der Waals surface area (Å²) in [4.78, 5) is 14.9. The minimum Gasteiger partial charge on any atom is -0.493 e. The fraction of sp³-hybridized carbons (Fsp3) is 0.318. The zero-order valence-corrected chi connectivity index (χ0v) is 16.5. The number of carbonyl (C=O) groups is 1. The summed E-state index contributed by atoms with van der Waals surface area (Å²) in [5.74, 6) is -0.584. The highest BCUT2D eigenvalue weighted by molar-refractivity contribution is 7.10. The largest absolute Gasteiger partial charge is 0.493 e. The van der Waals surface area contributed by atoms with E-state index in [4.69, 9.17) is 4.74 Å². The van der Waals surface area contributed by atoms with Crippen molar-refractivity contribution in [2.75, 3.05) is 27.2 Å². The van der Waals surface area contributed by atoms with E-state index in [1.54, 1.807) is 0 Å². The number of benzene rings is 2. The van der Waals surface area contributed by atoms with Gasteiger partial charge in [0.1, 0.15) is 5.75 Å². The molecule has 142 valence electrons. The number of ether oxygens (including phenoxy) is 1. The summed E-state index contributed by atoms with van der Waals surface area (Å²) in [6.07, 6.45) is 1.34. The van der Waals surface area contributed by atoms with Gasteiger partial charge >= 0.3 is 5.97 Å². The van der Waals surface area contributed by atoms with Crippen LogP contribution >= 0.6 is 11.3 Å². The smallest absolute Gasteiger partial charge is 0.312 e. The first-order valence-electron chi connectivity index (χ1n) is 9.10. The minimum atomic E-state index is -0.802. The lowest BCUT2D eigenvalue weighted by molar-refractivity contribution is -0.138. The van der Waals surface area contributed by atoms with Gasteiger partial charge in [-0.15, -0.1) is 11.3 Å². The zero-order chi connectivity index (χ0) is 19.2. The van der Waals surface area contributed by atoms with Crippen LogP contribution < -0.4 is 4.74 Å². The number of rotatable bonds is 9. The predicted octanol–water partition coefficient (Wildman–Crippen LogP) is 4.64. The first-order valence-corrected chi connectivity index (χ1v) is 9.98. The third-order valence-corrected chi connectivity index (χ3v) is 5.58. The second kappa shape index (κ2) is 9.02. The van der Waals surface area contributed by atoms with E-state index in [-0.39, 0.29) is 0 Å². The van der Waals surface area contributed by atoms with Crippen LogP contribution in [0.3, 0.4) is 0 Å². The molecular weight excluding hydrogens is 358 g/mol. The molecule has 0 aliphatic carbocycles. The van der Waals surface area contributed by atoms with Crippen molar-refractivity contribution in [2.45, 2.75) is 18.8 Å². The lowest BCUT2D eigenvalue weighted by Crippen LogP contribution is -2.16. The van der Waals surface area contributed by atoms with Crippen LogP contribution in [0.5, 0.6) is 5.75 Å². The Bertz CT molecular complexity index is 890. The van der Waals surface area contributed by atoms with E-state index in [1.165, 1.54) is 11.3 Å². The number of hydrogen-bond acceptors (Lipinski definition) is 4. The second-order valence-electron chi connectivity index (χ2n) is 6.88. The Labute approximate surface area is 164 Å². The first kappa shape index (κ1) is 19.4. The van der Waals surface area contributed by atoms with Crippen LogP contribution in [0.4, 0.5) is 0 Å². The summed E-state index contributed by atoms with van der Waals surface area (Å²) in [7, 11) is 4.08. The van der Waals surface area contributed by atoms with Crippen LogP contribution in [0.25, 0.3) is 10.8 Å². The van der Waals surface area contributed by atoms with E-state index in [1.807, 2.05) is 61.9 Å². The maximum absolute atomic E-state index is 11.9. The van der Waals surface area contributed by atoms with Crippen molar-refractivity contribution < 1.29 is 14.6 Å². The van der Waals surface area contributed by atoms with E-state index in [9.17, 15) is 9.90 Å². The van der Waals surface area contributed by atoms with Gasteiger partial charge in [-0.05, 0) is 55.2 Å². The van der Waals surface area contributed by atoms with Gasteiger partial charge in [-0.2, -0.15) is 0 Å². The Kier molecular flexibility index (Phi) is 6.48. The van der Waals surface area contributed by atoms with Crippen molar-refractivity contribution in [3.63, 3.8) is 0 Å². The average molecular weight is 384 g/mol. The summed E-state index contributed by atoms with van der Waals surface area (Å²) in [5.41, 5.74) is 0.971. The van der Waals surface area contributed by atoms with Gasteiger partial charge in [0.25, 0.3) is 0 Å². The highest BCUT2D eigenvalue weighted by Gasteiger charge is 2.24. The van der Waals surface area contributed by atoms with Crippen molar-refractivity contribution in [3.8, 4) is 5.75 Å². The molecule has 1 atom stereocenters. The molecule has 0 saturated heterocycles. The van der Waals surface area contributed by atoms with Crippen molar-refractivity contribution in [3.05, 3.63) is 64.4 Å². The molecule has 1 aromatic heterocycles. The highest BCUT2D eigenvalue weighted by atomic mass is 32.1. The Hall–Kier alpha value is -2.37. The van der Waals surface area contributed by atoms with Gasteiger partial charge in [0.05, 0.1) is 12.5 Å². The van der Waals surface area contributed by atoms with Crippen molar-refractivity contribution in [2.24, 2.45) is 0 Å². The molecule has 4 nitrogen and oxygen atoms in total. The van der Waals surface area contributed by atoms with Gasteiger partial charge in [-0.3, -0.25) is 4.79 Å². The first-order chi connectivity index (χ1) is 13.1. The third-order valence-electron chi connectivity index (χ3n) is 4.60. The molecule has 0 saturated carbocycles. The summed E-state index contributed by atoms with van der Waals surface area (Å²) >= 11 is 1.49. The van der Waals surface area contributed by atoms with Gasteiger partial charge in [0.15, 0.2) is 0 Å². The van der Waals surface area contributed by atoms with Crippen LogP contribution in [0.2, 0.25) is 0 Å². The molecule has 1 heterocycles. The quantitative estimate of drug-likeness (QED) is 0.547. The molecule has 0 radical (unpaired) electrons. The third kappa shape index (κ3) is 4.87. The van der Waals surface area contributed by atoms with Crippen molar-refractivity contribution in [1.82, 2.24) is 4.90 Å². The molecule has 3 rings (SSSR count). The van der Waals surface area contributed by atoms with E-state index < -0.39 is 11.9 Å². The van der Waals surface area contributed by atoms with Crippen LogP contribution in [0, 0.1) is 0 Å².